The van der Waals surface area contributed by atoms with Gasteiger partial charge in [-0.15, -0.1) is 0 Å². The molecule has 6 heteroatoms. The van der Waals surface area contributed by atoms with Crippen molar-refractivity contribution in [2.75, 3.05) is 24.2 Å². The van der Waals surface area contributed by atoms with Gasteiger partial charge in [0, 0.05) is 11.0 Å². The minimum absolute atomic E-state index is 0.169. The summed E-state index contributed by atoms with van der Waals surface area (Å²) in [6.07, 6.45) is 2.74. The molecule has 0 heterocycles. The zero-order valence-corrected chi connectivity index (χ0v) is 10.7. The first kappa shape index (κ1) is 13.4. The quantitative estimate of drug-likeness (QED) is 0.573. The molecule has 0 saturated carbocycles. The molecule has 0 aliphatic heterocycles. The van der Waals surface area contributed by atoms with E-state index in [2.05, 4.69) is 26.0 Å². The summed E-state index contributed by atoms with van der Waals surface area (Å²) in [4.78, 5) is 10.3. The van der Waals surface area contributed by atoms with Crippen LogP contribution in [0, 0.1) is 0 Å². The van der Waals surface area contributed by atoms with Gasteiger partial charge in [-0.05, 0) is 34.1 Å². The number of amides is 1. The molecule has 5 N–H and O–H groups in total. The number of anilines is 2. The van der Waals surface area contributed by atoms with E-state index in [-0.39, 0.29) is 6.61 Å². The van der Waals surface area contributed by atoms with Crippen LogP contribution in [0.4, 0.5) is 16.2 Å². The molecule has 0 unspecified atom stereocenters. The first-order chi connectivity index (χ1) is 8.11. The van der Waals surface area contributed by atoms with Gasteiger partial charge >= 0.3 is 6.09 Å². The van der Waals surface area contributed by atoms with Crippen LogP contribution >= 0.6 is 15.9 Å². The number of para-hydroxylation sites is 1. The SMILES string of the molecule is NC(=O)OCC=CCNc1c(N)cccc1Br. The van der Waals surface area contributed by atoms with Crippen LogP contribution in [0.25, 0.3) is 0 Å². The second-order valence-electron chi connectivity index (χ2n) is 3.19. The van der Waals surface area contributed by atoms with Crippen molar-refractivity contribution in [3.05, 3.63) is 34.8 Å². The number of nitrogens with two attached hydrogens (primary N) is 2. The molecule has 0 atom stereocenters. The number of ether oxygens (including phenoxy) is 1. The predicted octanol–water partition coefficient (Wildman–Crippen LogP) is 2.09. The number of carbonyl (C=O) groups is 1. The van der Waals surface area contributed by atoms with Crippen molar-refractivity contribution >= 4 is 33.4 Å². The number of halogens is 1. The summed E-state index contributed by atoms with van der Waals surface area (Å²) in [6, 6.07) is 5.58. The molecule has 0 aliphatic rings. The van der Waals surface area contributed by atoms with E-state index in [4.69, 9.17) is 11.5 Å². The molecule has 1 amide bonds. The summed E-state index contributed by atoms with van der Waals surface area (Å²) in [6.45, 7) is 0.747. The largest absolute Gasteiger partial charge is 0.445 e. The van der Waals surface area contributed by atoms with Gasteiger partial charge in [0.05, 0.1) is 11.4 Å². The van der Waals surface area contributed by atoms with Crippen molar-refractivity contribution in [1.29, 1.82) is 0 Å². The second kappa shape index (κ2) is 6.80. The molecular weight excluding hydrogens is 286 g/mol. The van der Waals surface area contributed by atoms with Gasteiger partial charge in [-0.3, -0.25) is 0 Å². The average Bonchev–Trinajstić information content (AvgIpc) is 2.26. The lowest BCUT2D eigenvalue weighted by molar-refractivity contribution is 0.169. The number of rotatable bonds is 5. The zero-order chi connectivity index (χ0) is 12.7. The highest BCUT2D eigenvalue weighted by Gasteiger charge is 2.01. The Labute approximate surface area is 108 Å². The van der Waals surface area contributed by atoms with E-state index >= 15 is 0 Å². The van der Waals surface area contributed by atoms with Crippen LogP contribution < -0.4 is 16.8 Å². The van der Waals surface area contributed by atoms with Crippen molar-refractivity contribution in [3.8, 4) is 0 Å². The number of nitrogens with one attached hydrogen (secondary N) is 1. The number of primary amides is 1. The van der Waals surface area contributed by atoms with Gasteiger partial charge in [0.25, 0.3) is 0 Å². The summed E-state index contributed by atoms with van der Waals surface area (Å²) >= 11 is 3.40. The van der Waals surface area contributed by atoms with E-state index in [1.807, 2.05) is 24.3 Å². The Kier molecular flexibility index (Phi) is 5.35. The number of carbonyl (C=O) groups excluding carboxylic acids is 1. The number of hydrogen-bond acceptors (Lipinski definition) is 4. The smallest absolute Gasteiger partial charge is 0.404 e. The summed E-state index contributed by atoms with van der Waals surface area (Å²) in [5.41, 5.74) is 12.1. The van der Waals surface area contributed by atoms with Gasteiger partial charge in [0.2, 0.25) is 0 Å². The Balaban J connectivity index is 2.38. The molecule has 0 aromatic heterocycles. The maximum Gasteiger partial charge on any atom is 0.404 e. The van der Waals surface area contributed by atoms with Gasteiger partial charge in [-0.25, -0.2) is 4.79 Å². The zero-order valence-electron chi connectivity index (χ0n) is 9.15. The Hall–Kier alpha value is -1.69. The highest BCUT2D eigenvalue weighted by molar-refractivity contribution is 9.10. The summed E-state index contributed by atoms with van der Waals surface area (Å²) in [7, 11) is 0. The lowest BCUT2D eigenvalue weighted by Gasteiger charge is -2.09. The van der Waals surface area contributed by atoms with Crippen LogP contribution in [0.2, 0.25) is 0 Å². The molecule has 1 aromatic carbocycles. The second-order valence-corrected chi connectivity index (χ2v) is 4.04. The molecule has 0 spiro atoms. The number of hydrogen-bond donors (Lipinski definition) is 3. The fourth-order valence-electron chi connectivity index (χ4n) is 1.17. The van der Waals surface area contributed by atoms with Gasteiger partial charge in [-0.2, -0.15) is 0 Å². The molecule has 1 aromatic rings. The lowest BCUT2D eigenvalue weighted by atomic mass is 10.2. The van der Waals surface area contributed by atoms with Crippen LogP contribution in [0.3, 0.4) is 0 Å². The van der Waals surface area contributed by atoms with Crippen LogP contribution in [0.5, 0.6) is 0 Å². The minimum Gasteiger partial charge on any atom is -0.445 e. The fraction of sp³-hybridized carbons (Fsp3) is 0.182. The van der Waals surface area contributed by atoms with E-state index in [0.717, 1.165) is 10.2 Å². The first-order valence-corrected chi connectivity index (χ1v) is 5.75. The third-order valence-electron chi connectivity index (χ3n) is 1.93. The predicted molar refractivity (Wildman–Crippen MR) is 71.7 cm³/mol. The normalized spacial score (nSPS) is 10.4. The number of nitrogen functional groups attached to an aromatic ring is 1. The van der Waals surface area contributed by atoms with Crippen molar-refractivity contribution in [2.45, 2.75) is 0 Å². The van der Waals surface area contributed by atoms with Crippen molar-refractivity contribution in [1.82, 2.24) is 0 Å². The van der Waals surface area contributed by atoms with Gasteiger partial charge in [-0.1, -0.05) is 12.1 Å². The molecule has 17 heavy (non-hydrogen) atoms. The first-order valence-electron chi connectivity index (χ1n) is 4.96. The van der Waals surface area contributed by atoms with E-state index in [9.17, 15) is 4.79 Å². The average molecular weight is 300 g/mol. The van der Waals surface area contributed by atoms with Crippen LogP contribution in [-0.4, -0.2) is 19.2 Å². The third kappa shape index (κ3) is 4.78. The van der Waals surface area contributed by atoms with Crippen molar-refractivity contribution < 1.29 is 9.53 Å². The molecule has 92 valence electrons. The van der Waals surface area contributed by atoms with E-state index in [1.165, 1.54) is 0 Å². The van der Waals surface area contributed by atoms with Crippen LogP contribution in [0.15, 0.2) is 34.8 Å². The Morgan fingerprint density at radius 1 is 1.47 bits per heavy atom. The highest BCUT2D eigenvalue weighted by Crippen LogP contribution is 2.27. The monoisotopic (exact) mass is 299 g/mol. The summed E-state index contributed by atoms with van der Waals surface area (Å²) < 4.78 is 5.43. The molecule has 0 aliphatic carbocycles. The minimum atomic E-state index is -0.780. The molecule has 5 nitrogen and oxygen atoms in total. The fourth-order valence-corrected chi connectivity index (χ4v) is 1.69. The van der Waals surface area contributed by atoms with Crippen LogP contribution in [-0.2, 0) is 4.74 Å². The maximum absolute atomic E-state index is 10.3. The molecule has 1 rings (SSSR count). The van der Waals surface area contributed by atoms with Gasteiger partial charge in [0.1, 0.15) is 6.61 Å². The lowest BCUT2D eigenvalue weighted by Crippen LogP contribution is -2.12. The Morgan fingerprint density at radius 2 is 2.24 bits per heavy atom. The number of benzene rings is 1. The molecule has 0 fully saturated rings. The van der Waals surface area contributed by atoms with Gasteiger partial charge < -0.3 is 21.5 Å². The standard InChI is InChI=1S/C11H14BrN3O2/c12-8-4-3-5-9(13)10(8)15-6-1-2-7-17-11(14)16/h1-5,15H,6-7,13H2,(H2,14,16). The molecule has 0 saturated heterocycles. The van der Waals surface area contributed by atoms with E-state index in [1.54, 1.807) is 6.08 Å². The maximum atomic E-state index is 10.3. The molecular formula is C11H14BrN3O2. The molecule has 0 bridgehead atoms. The topological polar surface area (TPSA) is 90.4 Å². The van der Waals surface area contributed by atoms with Crippen molar-refractivity contribution in [3.63, 3.8) is 0 Å². The Bertz CT molecular complexity index is 401. The van der Waals surface area contributed by atoms with Crippen molar-refractivity contribution in [2.24, 2.45) is 5.73 Å². The Morgan fingerprint density at radius 3 is 2.88 bits per heavy atom. The van der Waals surface area contributed by atoms with E-state index < -0.39 is 6.09 Å². The van der Waals surface area contributed by atoms with Crippen LogP contribution in [0.1, 0.15) is 0 Å². The molecule has 0 radical (unpaired) electrons. The van der Waals surface area contributed by atoms with Gasteiger partial charge in [0.15, 0.2) is 0 Å². The summed E-state index contributed by atoms with van der Waals surface area (Å²) in [5, 5.41) is 3.14. The van der Waals surface area contributed by atoms with E-state index in [0.29, 0.717) is 12.2 Å². The highest BCUT2D eigenvalue weighted by atomic mass is 79.9. The third-order valence-corrected chi connectivity index (χ3v) is 2.59. The summed E-state index contributed by atoms with van der Waals surface area (Å²) in [5.74, 6) is 0.